The van der Waals surface area contributed by atoms with E-state index < -0.39 is 5.41 Å². The van der Waals surface area contributed by atoms with Crippen LogP contribution in [0.1, 0.15) is 22.3 Å². The summed E-state index contributed by atoms with van der Waals surface area (Å²) in [6.07, 6.45) is 9.40. The third kappa shape index (κ3) is 5.13. The topological polar surface area (TPSA) is 46.8 Å². The molecule has 0 amide bonds. The van der Waals surface area contributed by atoms with Crippen molar-refractivity contribution in [2.75, 3.05) is 4.90 Å². The van der Waals surface area contributed by atoms with Crippen LogP contribution in [-0.2, 0) is 5.41 Å². The van der Waals surface area contributed by atoms with E-state index in [9.17, 15) is 0 Å². The van der Waals surface area contributed by atoms with Crippen LogP contribution in [0.15, 0.2) is 213 Å². The number of benzene rings is 6. The van der Waals surface area contributed by atoms with Crippen LogP contribution in [0, 0.1) is 0 Å². The zero-order valence-electron chi connectivity index (χ0n) is 30.9. The van der Waals surface area contributed by atoms with Crippen molar-refractivity contribution in [3.63, 3.8) is 0 Å². The minimum Gasteiger partial charge on any atom is -0.310 e. The number of pyridine rings is 3. The molecule has 11 rings (SSSR count). The number of rotatable bonds is 6. The molecule has 57 heavy (non-hydrogen) atoms. The van der Waals surface area contributed by atoms with E-state index in [2.05, 4.69) is 183 Å². The molecule has 0 aliphatic carbocycles. The Morgan fingerprint density at radius 1 is 0.404 bits per heavy atom. The molecule has 1 aliphatic heterocycles. The summed E-state index contributed by atoms with van der Waals surface area (Å²) in [5, 5.41) is 1.09. The molecular weight excluding hydrogens is 695 g/mol. The Hall–Kier alpha value is -7.63. The van der Waals surface area contributed by atoms with Crippen molar-refractivity contribution in [1.29, 1.82) is 0 Å². The molecule has 0 atom stereocenters. The third-order valence-electron chi connectivity index (χ3n) is 11.4. The van der Waals surface area contributed by atoms with Crippen molar-refractivity contribution in [1.82, 2.24) is 19.5 Å². The van der Waals surface area contributed by atoms with Gasteiger partial charge in [0, 0.05) is 58.9 Å². The number of nitrogens with zero attached hydrogens (tertiary/aromatic N) is 5. The highest BCUT2D eigenvalue weighted by molar-refractivity contribution is 6.10. The van der Waals surface area contributed by atoms with Crippen LogP contribution in [0.5, 0.6) is 0 Å². The predicted octanol–water partition coefficient (Wildman–Crippen LogP) is 12.5. The lowest BCUT2D eigenvalue weighted by atomic mass is 9.62. The Morgan fingerprint density at radius 2 is 1.00 bits per heavy atom. The summed E-state index contributed by atoms with van der Waals surface area (Å²) in [6.45, 7) is 0. The highest BCUT2D eigenvalue weighted by atomic mass is 15.2. The number of hydrogen-bond acceptors (Lipinski definition) is 4. The van der Waals surface area contributed by atoms with Gasteiger partial charge in [0.05, 0.1) is 33.3 Å². The van der Waals surface area contributed by atoms with Crippen molar-refractivity contribution in [3.05, 3.63) is 235 Å². The van der Waals surface area contributed by atoms with Gasteiger partial charge >= 0.3 is 0 Å². The van der Waals surface area contributed by atoms with Gasteiger partial charge in [0.1, 0.15) is 0 Å². The Bertz CT molecular complexity index is 2960. The monoisotopic (exact) mass is 729 g/mol. The molecule has 5 nitrogen and oxygen atoms in total. The van der Waals surface area contributed by atoms with Crippen LogP contribution in [0.25, 0.3) is 49.9 Å². The maximum atomic E-state index is 5.13. The second kappa shape index (κ2) is 13.3. The van der Waals surface area contributed by atoms with E-state index in [1.54, 1.807) is 0 Å². The van der Waals surface area contributed by atoms with Crippen LogP contribution < -0.4 is 4.90 Å². The van der Waals surface area contributed by atoms with E-state index in [-0.39, 0.29) is 0 Å². The van der Waals surface area contributed by atoms with E-state index in [4.69, 9.17) is 4.98 Å². The van der Waals surface area contributed by atoms with E-state index in [1.165, 1.54) is 22.3 Å². The molecular formula is C52H35N5. The van der Waals surface area contributed by atoms with Crippen LogP contribution in [0.4, 0.5) is 17.1 Å². The van der Waals surface area contributed by atoms with Crippen molar-refractivity contribution < 1.29 is 0 Å². The fraction of sp³-hybridized carbons (Fsp3) is 0.0192. The summed E-state index contributed by atoms with van der Waals surface area (Å²) >= 11 is 0. The highest BCUT2D eigenvalue weighted by Crippen LogP contribution is 2.58. The maximum absolute atomic E-state index is 5.13. The van der Waals surface area contributed by atoms with Crippen molar-refractivity contribution in [3.8, 4) is 27.9 Å². The lowest BCUT2D eigenvalue weighted by Crippen LogP contribution is -2.37. The van der Waals surface area contributed by atoms with Gasteiger partial charge in [-0.3, -0.25) is 15.0 Å². The Balaban J connectivity index is 1.29. The standard InChI is InChI=1S/C52H35N5/c1-4-17-40(18-5-1)52(41-19-6-2-7-20-41)45-23-10-11-24-47(45)56(42-21-8-3-9-22-42)50-33-49-44(32-46(50)52)51-48(25-14-28-55-51)57(49)43-30-38(36-15-12-26-53-34-36)29-39(31-43)37-16-13-27-54-35-37/h1-35H. The van der Waals surface area contributed by atoms with Gasteiger partial charge in [-0.25, -0.2) is 0 Å². The van der Waals surface area contributed by atoms with E-state index in [0.29, 0.717) is 0 Å². The molecule has 0 spiro atoms. The van der Waals surface area contributed by atoms with Crippen LogP contribution in [0.2, 0.25) is 0 Å². The summed E-state index contributed by atoms with van der Waals surface area (Å²) < 4.78 is 2.38. The molecule has 0 saturated heterocycles. The molecule has 0 unspecified atom stereocenters. The number of para-hydroxylation sites is 2. The first kappa shape index (κ1) is 32.8. The van der Waals surface area contributed by atoms with Gasteiger partial charge in [-0.2, -0.15) is 0 Å². The first-order chi connectivity index (χ1) is 28.3. The molecule has 0 fully saturated rings. The van der Waals surface area contributed by atoms with Gasteiger partial charge in [0.15, 0.2) is 0 Å². The molecule has 0 saturated carbocycles. The molecule has 6 aromatic carbocycles. The van der Waals surface area contributed by atoms with E-state index >= 15 is 0 Å². The first-order valence-electron chi connectivity index (χ1n) is 19.2. The number of hydrogen-bond donors (Lipinski definition) is 0. The van der Waals surface area contributed by atoms with Gasteiger partial charge < -0.3 is 9.47 Å². The minimum absolute atomic E-state index is 0.634. The molecule has 0 N–H and O–H groups in total. The smallest absolute Gasteiger partial charge is 0.0963 e. The van der Waals surface area contributed by atoms with E-state index in [0.717, 1.165) is 66.9 Å². The van der Waals surface area contributed by atoms with Crippen molar-refractivity contribution in [2.24, 2.45) is 0 Å². The summed E-state index contributed by atoms with van der Waals surface area (Å²) in [7, 11) is 0. The first-order valence-corrected chi connectivity index (χ1v) is 19.2. The Labute approximate surface area is 330 Å². The predicted molar refractivity (Wildman–Crippen MR) is 232 cm³/mol. The average Bonchev–Trinajstić information content (AvgIpc) is 3.62. The van der Waals surface area contributed by atoms with Gasteiger partial charge in [0.2, 0.25) is 0 Å². The second-order valence-electron chi connectivity index (χ2n) is 14.5. The van der Waals surface area contributed by atoms with Crippen LogP contribution in [-0.4, -0.2) is 19.5 Å². The molecule has 0 bridgehead atoms. The molecule has 0 radical (unpaired) electrons. The maximum Gasteiger partial charge on any atom is 0.0963 e. The van der Waals surface area contributed by atoms with Crippen LogP contribution >= 0.6 is 0 Å². The molecule has 4 aromatic heterocycles. The molecule has 10 aromatic rings. The van der Waals surface area contributed by atoms with Crippen molar-refractivity contribution in [2.45, 2.75) is 5.41 Å². The average molecular weight is 730 g/mol. The van der Waals surface area contributed by atoms with Crippen molar-refractivity contribution >= 4 is 39.0 Å². The zero-order valence-corrected chi connectivity index (χ0v) is 30.9. The molecule has 5 heterocycles. The Kier molecular flexibility index (Phi) is 7.64. The summed E-state index contributed by atoms with van der Waals surface area (Å²) in [6, 6.07) is 65.6. The largest absolute Gasteiger partial charge is 0.310 e. The SMILES string of the molecule is c1ccc(N2c3ccccc3C(c3ccccc3)(c3ccccc3)c3cc4c5ncccc5n(-c5cc(-c6cccnc6)cc(-c6cccnc6)c5)c4cc32)cc1. The molecule has 5 heteroatoms. The van der Waals surface area contributed by atoms with Gasteiger partial charge in [-0.1, -0.05) is 109 Å². The van der Waals surface area contributed by atoms with Gasteiger partial charge in [0.25, 0.3) is 0 Å². The number of fused-ring (bicyclic) bond motifs is 5. The minimum atomic E-state index is -0.634. The van der Waals surface area contributed by atoms with Crippen LogP contribution in [0.3, 0.4) is 0 Å². The lowest BCUT2D eigenvalue weighted by Gasteiger charge is -2.46. The highest BCUT2D eigenvalue weighted by Gasteiger charge is 2.47. The number of anilines is 3. The summed E-state index contributed by atoms with van der Waals surface area (Å²) in [5.41, 5.74) is 15.9. The fourth-order valence-electron chi connectivity index (χ4n) is 9.05. The second-order valence-corrected chi connectivity index (χ2v) is 14.5. The van der Waals surface area contributed by atoms with Gasteiger partial charge in [-0.05, 0) is 106 Å². The third-order valence-corrected chi connectivity index (χ3v) is 11.4. The van der Waals surface area contributed by atoms with E-state index in [1.807, 2.05) is 49.2 Å². The fourth-order valence-corrected chi connectivity index (χ4v) is 9.05. The molecule has 268 valence electrons. The molecule has 1 aliphatic rings. The number of aromatic nitrogens is 4. The summed E-state index contributed by atoms with van der Waals surface area (Å²) in [5.74, 6) is 0. The van der Waals surface area contributed by atoms with Gasteiger partial charge in [-0.15, -0.1) is 0 Å². The quantitative estimate of drug-likeness (QED) is 0.171. The zero-order chi connectivity index (χ0) is 37.8. The lowest BCUT2D eigenvalue weighted by molar-refractivity contribution is 0.732. The Morgan fingerprint density at radius 3 is 1.63 bits per heavy atom. The summed E-state index contributed by atoms with van der Waals surface area (Å²) in [4.78, 5) is 16.5. The normalized spacial score (nSPS) is 13.0.